The molecule has 0 aromatic carbocycles. The molecular weight excluding hydrogens is 288 g/mol. The van der Waals surface area contributed by atoms with Gasteiger partial charge in [-0.1, -0.05) is 0 Å². The first-order chi connectivity index (χ1) is 7.95. The second kappa shape index (κ2) is 5.66. The van der Waals surface area contributed by atoms with Gasteiger partial charge in [-0.3, -0.25) is 4.79 Å². The van der Waals surface area contributed by atoms with Crippen molar-refractivity contribution in [3.8, 4) is 0 Å². The fourth-order valence-corrected chi connectivity index (χ4v) is 1.86. The van der Waals surface area contributed by atoms with E-state index < -0.39 is 5.54 Å². The van der Waals surface area contributed by atoms with Gasteiger partial charge in [0.25, 0.3) is 5.91 Å². The van der Waals surface area contributed by atoms with E-state index in [-0.39, 0.29) is 19.1 Å². The van der Waals surface area contributed by atoms with Gasteiger partial charge in [0.1, 0.15) is 5.69 Å². The van der Waals surface area contributed by atoms with Crippen molar-refractivity contribution in [2.75, 3.05) is 13.2 Å². The number of aromatic nitrogens is 1. The van der Waals surface area contributed by atoms with Crippen LogP contribution in [0.3, 0.4) is 0 Å². The Kier molecular flexibility index (Phi) is 4.73. The van der Waals surface area contributed by atoms with Crippen LogP contribution in [0.15, 0.2) is 16.7 Å². The predicted molar refractivity (Wildman–Crippen MR) is 67.8 cm³/mol. The van der Waals surface area contributed by atoms with Gasteiger partial charge in [-0.05, 0) is 35.8 Å². The van der Waals surface area contributed by atoms with E-state index in [1.807, 2.05) is 13.1 Å². The number of halogens is 1. The van der Waals surface area contributed by atoms with E-state index in [4.69, 9.17) is 10.2 Å². The number of carbonyl (C=O) groups is 1. The second-order valence-corrected chi connectivity index (χ2v) is 5.08. The number of nitrogens with one attached hydrogen (secondary N) is 1. The lowest BCUT2D eigenvalue weighted by atomic mass is 10.1. The average Bonchev–Trinajstić information content (AvgIpc) is 2.70. The third-order valence-electron chi connectivity index (χ3n) is 2.55. The van der Waals surface area contributed by atoms with Crippen LogP contribution < -0.4 is 5.32 Å². The summed E-state index contributed by atoms with van der Waals surface area (Å²) in [6.45, 7) is 3.55. The Morgan fingerprint density at radius 3 is 2.59 bits per heavy atom. The highest BCUT2D eigenvalue weighted by atomic mass is 79.9. The molecule has 0 saturated carbocycles. The van der Waals surface area contributed by atoms with Crippen LogP contribution in [-0.4, -0.2) is 39.4 Å². The molecule has 17 heavy (non-hydrogen) atoms. The summed E-state index contributed by atoms with van der Waals surface area (Å²) in [5.74, 6) is -0.317. The molecule has 1 heterocycles. The van der Waals surface area contributed by atoms with Crippen molar-refractivity contribution in [1.82, 2.24) is 9.88 Å². The standard InChI is InChI=1S/C11H17BrN2O3/c1-3-14-5-8(12)4-9(14)10(17)13-11(2,6-15)7-16/h4-5,15-16H,3,6-7H2,1-2H3,(H,13,17). The molecule has 0 spiro atoms. The zero-order valence-corrected chi connectivity index (χ0v) is 11.5. The number of aliphatic hydroxyl groups is 2. The molecule has 0 bridgehead atoms. The predicted octanol–water partition coefficient (Wildman–Crippen LogP) is 0.744. The fourth-order valence-electron chi connectivity index (χ4n) is 1.39. The zero-order valence-electron chi connectivity index (χ0n) is 9.90. The van der Waals surface area contributed by atoms with Crippen LogP contribution in [0.2, 0.25) is 0 Å². The van der Waals surface area contributed by atoms with Crippen LogP contribution in [0.1, 0.15) is 24.3 Å². The van der Waals surface area contributed by atoms with Crippen molar-refractivity contribution in [2.24, 2.45) is 0 Å². The van der Waals surface area contributed by atoms with Gasteiger partial charge in [0, 0.05) is 17.2 Å². The van der Waals surface area contributed by atoms with Crippen molar-refractivity contribution in [2.45, 2.75) is 25.9 Å². The molecule has 0 aliphatic carbocycles. The molecule has 6 heteroatoms. The van der Waals surface area contributed by atoms with Crippen molar-refractivity contribution < 1.29 is 15.0 Å². The Balaban J connectivity index is 2.89. The van der Waals surface area contributed by atoms with Gasteiger partial charge in [-0.2, -0.15) is 0 Å². The van der Waals surface area contributed by atoms with E-state index in [2.05, 4.69) is 21.2 Å². The molecule has 1 aromatic rings. The first kappa shape index (κ1) is 14.2. The number of aryl methyl sites for hydroxylation is 1. The van der Waals surface area contributed by atoms with Crippen LogP contribution in [0.5, 0.6) is 0 Å². The van der Waals surface area contributed by atoms with E-state index in [9.17, 15) is 4.79 Å². The maximum Gasteiger partial charge on any atom is 0.268 e. The molecule has 1 rings (SSSR count). The van der Waals surface area contributed by atoms with Crippen LogP contribution in [0, 0.1) is 0 Å². The van der Waals surface area contributed by atoms with Gasteiger partial charge in [0.15, 0.2) is 0 Å². The molecule has 1 aromatic heterocycles. The molecule has 0 aliphatic heterocycles. The molecule has 1 amide bonds. The van der Waals surface area contributed by atoms with Crippen molar-refractivity contribution >= 4 is 21.8 Å². The SMILES string of the molecule is CCn1cc(Br)cc1C(=O)NC(C)(CO)CO. The lowest BCUT2D eigenvalue weighted by molar-refractivity contribution is 0.0716. The Morgan fingerprint density at radius 2 is 2.12 bits per heavy atom. The van der Waals surface area contributed by atoms with Gasteiger partial charge in [0.05, 0.1) is 18.8 Å². The minimum absolute atomic E-state index is 0.316. The number of amides is 1. The molecule has 0 aliphatic rings. The first-order valence-corrected chi connectivity index (χ1v) is 6.15. The lowest BCUT2D eigenvalue weighted by Crippen LogP contribution is -2.52. The fraction of sp³-hybridized carbons (Fsp3) is 0.545. The largest absolute Gasteiger partial charge is 0.394 e. The number of rotatable bonds is 5. The van der Waals surface area contributed by atoms with Gasteiger partial charge < -0.3 is 20.1 Å². The Labute approximate surface area is 109 Å². The zero-order chi connectivity index (χ0) is 13.1. The van der Waals surface area contributed by atoms with Gasteiger partial charge in [-0.25, -0.2) is 0 Å². The highest BCUT2D eigenvalue weighted by Gasteiger charge is 2.26. The summed E-state index contributed by atoms with van der Waals surface area (Å²) >= 11 is 3.31. The maximum atomic E-state index is 12.0. The van der Waals surface area contributed by atoms with E-state index in [0.29, 0.717) is 12.2 Å². The average molecular weight is 305 g/mol. The summed E-state index contributed by atoms with van der Waals surface area (Å²) in [6, 6.07) is 1.70. The maximum absolute atomic E-state index is 12.0. The summed E-state index contributed by atoms with van der Waals surface area (Å²) in [6.07, 6.45) is 1.81. The van der Waals surface area contributed by atoms with E-state index in [0.717, 1.165) is 4.47 Å². The van der Waals surface area contributed by atoms with Crippen LogP contribution >= 0.6 is 15.9 Å². The normalized spacial score (nSPS) is 11.6. The molecule has 0 fully saturated rings. The minimum atomic E-state index is -1.01. The second-order valence-electron chi connectivity index (χ2n) is 4.16. The molecule has 5 nitrogen and oxygen atoms in total. The summed E-state index contributed by atoms with van der Waals surface area (Å²) in [7, 11) is 0. The van der Waals surface area contributed by atoms with E-state index >= 15 is 0 Å². The molecule has 0 atom stereocenters. The Bertz CT molecular complexity index is 399. The van der Waals surface area contributed by atoms with Crippen molar-refractivity contribution in [1.29, 1.82) is 0 Å². The molecule has 0 saturated heterocycles. The minimum Gasteiger partial charge on any atom is -0.394 e. The van der Waals surface area contributed by atoms with E-state index in [1.54, 1.807) is 17.6 Å². The molecule has 3 N–H and O–H groups in total. The molecule has 96 valence electrons. The van der Waals surface area contributed by atoms with Crippen LogP contribution in [0.4, 0.5) is 0 Å². The summed E-state index contributed by atoms with van der Waals surface area (Å²) in [4.78, 5) is 12.0. The van der Waals surface area contributed by atoms with Crippen molar-refractivity contribution in [3.63, 3.8) is 0 Å². The number of nitrogens with zero attached hydrogens (tertiary/aromatic N) is 1. The molecule has 0 radical (unpaired) electrons. The Hall–Kier alpha value is -0.850. The van der Waals surface area contributed by atoms with E-state index in [1.165, 1.54) is 0 Å². The summed E-state index contributed by atoms with van der Waals surface area (Å²) in [5.41, 5.74) is -0.514. The van der Waals surface area contributed by atoms with Gasteiger partial charge in [0.2, 0.25) is 0 Å². The number of aliphatic hydroxyl groups excluding tert-OH is 2. The highest BCUT2D eigenvalue weighted by Crippen LogP contribution is 2.15. The highest BCUT2D eigenvalue weighted by molar-refractivity contribution is 9.10. The quantitative estimate of drug-likeness (QED) is 0.751. The van der Waals surface area contributed by atoms with Gasteiger partial charge in [-0.15, -0.1) is 0 Å². The number of carbonyl (C=O) groups excluding carboxylic acids is 1. The Morgan fingerprint density at radius 1 is 1.53 bits per heavy atom. The third kappa shape index (κ3) is 3.31. The first-order valence-electron chi connectivity index (χ1n) is 5.35. The molecule has 0 unspecified atom stereocenters. The summed E-state index contributed by atoms with van der Waals surface area (Å²) < 4.78 is 2.60. The van der Waals surface area contributed by atoms with Gasteiger partial charge >= 0.3 is 0 Å². The number of hydrogen-bond acceptors (Lipinski definition) is 3. The monoisotopic (exact) mass is 304 g/mol. The lowest BCUT2D eigenvalue weighted by Gasteiger charge is -2.26. The van der Waals surface area contributed by atoms with Crippen molar-refractivity contribution in [3.05, 3.63) is 22.4 Å². The number of hydrogen-bond donors (Lipinski definition) is 3. The smallest absolute Gasteiger partial charge is 0.268 e. The van der Waals surface area contributed by atoms with Crippen LogP contribution in [0.25, 0.3) is 0 Å². The molecular formula is C11H17BrN2O3. The topological polar surface area (TPSA) is 74.5 Å². The third-order valence-corrected chi connectivity index (χ3v) is 2.98. The summed E-state index contributed by atoms with van der Waals surface area (Å²) in [5, 5.41) is 20.9. The van der Waals surface area contributed by atoms with Crippen LogP contribution in [-0.2, 0) is 6.54 Å².